The third-order valence-corrected chi connectivity index (χ3v) is 4.42. The molecule has 0 bridgehead atoms. The molecule has 1 aromatic rings. The predicted octanol–water partition coefficient (Wildman–Crippen LogP) is 1.74. The highest BCUT2D eigenvalue weighted by Gasteiger charge is 2.51. The Balaban J connectivity index is 1.88. The van der Waals surface area contributed by atoms with Gasteiger partial charge in [-0.15, -0.1) is 0 Å². The predicted molar refractivity (Wildman–Crippen MR) is 76.8 cm³/mol. The summed E-state index contributed by atoms with van der Waals surface area (Å²) in [5.74, 6) is 0. The van der Waals surface area contributed by atoms with E-state index in [0.717, 1.165) is 36.2 Å². The Hall–Kier alpha value is -1.07. The Morgan fingerprint density at radius 1 is 1.21 bits per heavy atom. The second-order valence-electron chi connectivity index (χ2n) is 6.38. The summed E-state index contributed by atoms with van der Waals surface area (Å²) in [6.07, 6.45) is 4.08. The average Bonchev–Trinajstić information content (AvgIpc) is 2.58. The van der Waals surface area contributed by atoms with E-state index in [1.807, 2.05) is 6.20 Å². The standard InChI is InChI=1S/C14H21BN2O2/c1-13(2)14(3,4)19-15(18-13)10-8-12-11(17-9-10)6-5-7-16-12/h8-9,16H,5-7H2,1-4H3. The molecule has 2 aliphatic heterocycles. The molecule has 3 rings (SSSR count). The molecule has 19 heavy (non-hydrogen) atoms. The van der Waals surface area contributed by atoms with Gasteiger partial charge in [0.1, 0.15) is 0 Å². The van der Waals surface area contributed by atoms with Gasteiger partial charge in [-0.2, -0.15) is 0 Å². The van der Waals surface area contributed by atoms with Gasteiger partial charge in [0.15, 0.2) is 0 Å². The minimum absolute atomic E-state index is 0.305. The van der Waals surface area contributed by atoms with Gasteiger partial charge in [-0.05, 0) is 46.6 Å². The molecule has 0 amide bonds. The molecule has 1 N–H and O–H groups in total. The first-order valence-electron chi connectivity index (χ1n) is 6.97. The highest BCUT2D eigenvalue weighted by molar-refractivity contribution is 6.62. The topological polar surface area (TPSA) is 43.4 Å². The van der Waals surface area contributed by atoms with E-state index in [0.29, 0.717) is 0 Å². The SMILES string of the molecule is CC1(C)OB(c2cnc3c(c2)NCCC3)OC1(C)C. The van der Waals surface area contributed by atoms with Crippen LogP contribution >= 0.6 is 0 Å². The monoisotopic (exact) mass is 260 g/mol. The molecular formula is C14H21BN2O2. The third-order valence-electron chi connectivity index (χ3n) is 4.42. The van der Waals surface area contributed by atoms with Gasteiger partial charge >= 0.3 is 7.12 Å². The Kier molecular flexibility index (Phi) is 2.87. The van der Waals surface area contributed by atoms with Gasteiger partial charge in [0.25, 0.3) is 0 Å². The number of nitrogens with one attached hydrogen (secondary N) is 1. The molecule has 1 fully saturated rings. The van der Waals surface area contributed by atoms with Crippen molar-refractivity contribution in [2.24, 2.45) is 0 Å². The van der Waals surface area contributed by atoms with Gasteiger partial charge in [-0.3, -0.25) is 4.98 Å². The van der Waals surface area contributed by atoms with Crippen molar-refractivity contribution in [3.05, 3.63) is 18.0 Å². The van der Waals surface area contributed by atoms with Crippen molar-refractivity contribution < 1.29 is 9.31 Å². The average molecular weight is 260 g/mol. The molecule has 4 nitrogen and oxygen atoms in total. The fourth-order valence-electron chi connectivity index (χ4n) is 2.45. The molecule has 0 aromatic carbocycles. The summed E-state index contributed by atoms with van der Waals surface area (Å²) in [5.41, 5.74) is 2.65. The number of hydrogen-bond donors (Lipinski definition) is 1. The van der Waals surface area contributed by atoms with Gasteiger partial charge in [0, 0.05) is 18.2 Å². The summed E-state index contributed by atoms with van der Waals surface area (Å²) in [6.45, 7) is 9.28. The minimum Gasteiger partial charge on any atom is -0.399 e. The fourth-order valence-corrected chi connectivity index (χ4v) is 2.45. The number of aryl methyl sites for hydroxylation is 1. The summed E-state index contributed by atoms with van der Waals surface area (Å²) in [6, 6.07) is 2.11. The molecule has 0 radical (unpaired) electrons. The lowest BCUT2D eigenvalue weighted by molar-refractivity contribution is 0.00578. The van der Waals surface area contributed by atoms with Gasteiger partial charge in [-0.1, -0.05) is 0 Å². The van der Waals surface area contributed by atoms with E-state index in [1.165, 1.54) is 0 Å². The molecule has 2 aliphatic rings. The third kappa shape index (κ3) is 2.15. The van der Waals surface area contributed by atoms with Crippen molar-refractivity contribution in [2.75, 3.05) is 11.9 Å². The molecule has 0 saturated carbocycles. The molecule has 0 aliphatic carbocycles. The number of anilines is 1. The van der Waals surface area contributed by atoms with E-state index in [9.17, 15) is 0 Å². The molecule has 0 unspecified atom stereocenters. The molecule has 1 saturated heterocycles. The van der Waals surface area contributed by atoms with Crippen LogP contribution in [0.1, 0.15) is 39.8 Å². The summed E-state index contributed by atoms with van der Waals surface area (Å²) < 4.78 is 12.1. The lowest BCUT2D eigenvalue weighted by Gasteiger charge is -2.32. The van der Waals surface area contributed by atoms with Crippen LogP contribution in [-0.2, 0) is 15.7 Å². The summed E-state index contributed by atoms with van der Waals surface area (Å²) in [7, 11) is -0.327. The Bertz CT molecular complexity index is 486. The maximum absolute atomic E-state index is 6.05. The Labute approximate surface area is 115 Å². The molecule has 0 atom stereocenters. The number of pyridine rings is 1. The van der Waals surface area contributed by atoms with Crippen molar-refractivity contribution >= 4 is 18.3 Å². The van der Waals surface area contributed by atoms with Crippen molar-refractivity contribution in [1.82, 2.24) is 4.98 Å². The Morgan fingerprint density at radius 2 is 1.89 bits per heavy atom. The van der Waals surface area contributed by atoms with Gasteiger partial charge < -0.3 is 14.6 Å². The zero-order valence-corrected chi connectivity index (χ0v) is 12.1. The van der Waals surface area contributed by atoms with E-state index in [2.05, 4.69) is 44.1 Å². The number of aromatic nitrogens is 1. The number of rotatable bonds is 1. The lowest BCUT2D eigenvalue weighted by Crippen LogP contribution is -2.41. The van der Waals surface area contributed by atoms with Crippen LogP contribution < -0.4 is 10.8 Å². The van der Waals surface area contributed by atoms with E-state index < -0.39 is 0 Å². The molecule has 102 valence electrons. The van der Waals surface area contributed by atoms with Crippen molar-refractivity contribution in [2.45, 2.75) is 51.7 Å². The van der Waals surface area contributed by atoms with Crippen LogP contribution in [0.25, 0.3) is 0 Å². The number of hydrogen-bond acceptors (Lipinski definition) is 4. The lowest BCUT2D eigenvalue weighted by atomic mass is 9.79. The molecule has 5 heteroatoms. The normalized spacial score (nSPS) is 23.9. The maximum atomic E-state index is 6.05. The first kappa shape index (κ1) is 12.9. The number of fused-ring (bicyclic) bond motifs is 1. The summed E-state index contributed by atoms with van der Waals surface area (Å²) in [4.78, 5) is 4.54. The Morgan fingerprint density at radius 3 is 2.58 bits per heavy atom. The van der Waals surface area contributed by atoms with E-state index in [4.69, 9.17) is 9.31 Å². The summed E-state index contributed by atoms with van der Waals surface area (Å²) >= 11 is 0. The second kappa shape index (κ2) is 4.22. The molecule has 0 spiro atoms. The first-order valence-corrected chi connectivity index (χ1v) is 6.97. The zero-order valence-electron chi connectivity index (χ0n) is 12.1. The van der Waals surface area contributed by atoms with Crippen LogP contribution in [0.4, 0.5) is 5.69 Å². The quantitative estimate of drug-likeness (QED) is 0.781. The second-order valence-corrected chi connectivity index (χ2v) is 6.38. The van der Waals surface area contributed by atoms with Crippen LogP contribution in [0.15, 0.2) is 12.3 Å². The van der Waals surface area contributed by atoms with Crippen LogP contribution in [0.3, 0.4) is 0 Å². The van der Waals surface area contributed by atoms with Gasteiger partial charge in [-0.25, -0.2) is 0 Å². The van der Waals surface area contributed by atoms with Crippen LogP contribution in [0.2, 0.25) is 0 Å². The minimum atomic E-state index is -0.327. The fraction of sp³-hybridized carbons (Fsp3) is 0.643. The van der Waals surface area contributed by atoms with Crippen molar-refractivity contribution in [3.8, 4) is 0 Å². The first-order chi connectivity index (χ1) is 8.89. The van der Waals surface area contributed by atoms with E-state index in [1.54, 1.807) is 0 Å². The zero-order chi connectivity index (χ0) is 13.7. The highest BCUT2D eigenvalue weighted by Crippen LogP contribution is 2.36. The van der Waals surface area contributed by atoms with Gasteiger partial charge in [0.2, 0.25) is 0 Å². The summed E-state index contributed by atoms with van der Waals surface area (Å²) in [5, 5.41) is 3.39. The van der Waals surface area contributed by atoms with Crippen molar-refractivity contribution in [3.63, 3.8) is 0 Å². The maximum Gasteiger partial charge on any atom is 0.496 e. The van der Waals surface area contributed by atoms with Crippen LogP contribution in [0, 0.1) is 0 Å². The number of nitrogens with zero attached hydrogens (tertiary/aromatic N) is 1. The van der Waals surface area contributed by atoms with Crippen LogP contribution in [0.5, 0.6) is 0 Å². The largest absolute Gasteiger partial charge is 0.496 e. The highest BCUT2D eigenvalue weighted by atomic mass is 16.7. The van der Waals surface area contributed by atoms with Gasteiger partial charge in [0.05, 0.1) is 22.6 Å². The molecule has 1 aromatic heterocycles. The van der Waals surface area contributed by atoms with E-state index in [-0.39, 0.29) is 18.3 Å². The van der Waals surface area contributed by atoms with E-state index >= 15 is 0 Å². The van der Waals surface area contributed by atoms with Crippen LogP contribution in [-0.4, -0.2) is 29.8 Å². The van der Waals surface area contributed by atoms with Crippen molar-refractivity contribution in [1.29, 1.82) is 0 Å². The molecular weight excluding hydrogens is 239 g/mol. The molecule has 3 heterocycles. The smallest absolute Gasteiger partial charge is 0.399 e.